The van der Waals surface area contributed by atoms with E-state index < -0.39 is 0 Å². The van der Waals surface area contributed by atoms with Crippen LogP contribution >= 0.6 is 0 Å². The van der Waals surface area contributed by atoms with E-state index in [9.17, 15) is 9.90 Å². The molecule has 0 bridgehead atoms. The van der Waals surface area contributed by atoms with E-state index in [0.717, 1.165) is 18.7 Å². The van der Waals surface area contributed by atoms with Crippen molar-refractivity contribution in [1.29, 1.82) is 0 Å². The highest BCUT2D eigenvalue weighted by atomic mass is 35.5. The van der Waals surface area contributed by atoms with Crippen LogP contribution in [0.3, 0.4) is 0 Å². The molecule has 0 spiro atoms. The first-order valence-corrected chi connectivity index (χ1v) is 7.67. The van der Waals surface area contributed by atoms with Gasteiger partial charge in [-0.1, -0.05) is 19.9 Å². The molecule has 0 fully saturated rings. The Morgan fingerprint density at radius 3 is 2.30 bits per heavy atom. The van der Waals surface area contributed by atoms with Crippen LogP contribution in [0, 0.1) is 6.92 Å². The maximum absolute atomic E-state index is 12.4. The number of nitrogens with zero attached hydrogens (tertiary/aromatic N) is 3. The number of aryl methyl sites for hydroxylation is 1. The van der Waals surface area contributed by atoms with Crippen LogP contribution in [0.5, 0.6) is 5.88 Å². The van der Waals surface area contributed by atoms with Crippen LogP contribution in [-0.4, -0.2) is 27.7 Å². The van der Waals surface area contributed by atoms with Gasteiger partial charge in [0.25, 0.3) is 17.1 Å². The fourth-order valence-electron chi connectivity index (χ4n) is 2.86. The van der Waals surface area contributed by atoms with E-state index in [1.54, 1.807) is 6.07 Å². The highest BCUT2D eigenvalue weighted by Gasteiger charge is 2.25. The topological polar surface area (TPSA) is 49.4 Å². The third-order valence-electron chi connectivity index (χ3n) is 4.08. The van der Waals surface area contributed by atoms with E-state index in [1.807, 2.05) is 62.9 Å². The lowest BCUT2D eigenvalue weighted by atomic mass is 10.2. The van der Waals surface area contributed by atoms with Crippen molar-refractivity contribution in [2.45, 2.75) is 33.9 Å². The molecule has 2 heterocycles. The van der Waals surface area contributed by atoms with E-state index in [-0.39, 0.29) is 30.0 Å². The second-order valence-corrected chi connectivity index (χ2v) is 5.34. The Morgan fingerprint density at radius 1 is 1.22 bits per heavy atom. The number of rotatable bonds is 5. The van der Waals surface area contributed by atoms with Gasteiger partial charge in [-0.3, -0.25) is 14.3 Å². The second-order valence-electron chi connectivity index (χ2n) is 5.34. The van der Waals surface area contributed by atoms with Crippen LogP contribution in [0.15, 0.2) is 41.5 Å². The molecular formula is C17H24ClN3O2. The zero-order chi connectivity index (χ0) is 16.3. The molecule has 0 aliphatic heterocycles. The first-order chi connectivity index (χ1) is 10.5. The summed E-state index contributed by atoms with van der Waals surface area (Å²) in [5.74, 6) is 0.000556. The lowest BCUT2D eigenvalue weighted by Crippen LogP contribution is -3.00. The molecule has 0 radical (unpaired) electrons. The van der Waals surface area contributed by atoms with E-state index in [1.165, 1.54) is 4.57 Å². The van der Waals surface area contributed by atoms with Crippen LogP contribution in [0.4, 0.5) is 0 Å². The Kier molecular flexibility index (Phi) is 6.79. The molecule has 2 aromatic rings. The average Bonchev–Trinajstić information content (AvgIpc) is 2.49. The van der Waals surface area contributed by atoms with Crippen molar-refractivity contribution in [1.82, 2.24) is 9.47 Å². The third kappa shape index (κ3) is 3.74. The highest BCUT2D eigenvalue weighted by Crippen LogP contribution is 2.23. The van der Waals surface area contributed by atoms with E-state index in [2.05, 4.69) is 4.90 Å². The number of halogens is 1. The van der Waals surface area contributed by atoms with Crippen LogP contribution in [0.25, 0.3) is 5.69 Å². The second kappa shape index (κ2) is 8.13. The van der Waals surface area contributed by atoms with Gasteiger partial charge in [0, 0.05) is 23.8 Å². The first kappa shape index (κ1) is 19.2. The van der Waals surface area contributed by atoms with Crippen molar-refractivity contribution >= 4 is 0 Å². The van der Waals surface area contributed by atoms with Crippen molar-refractivity contribution in [3.05, 3.63) is 52.6 Å². The van der Waals surface area contributed by atoms with Crippen LogP contribution in [0.2, 0.25) is 0 Å². The fraction of sp³-hybridized carbons (Fsp3) is 0.412. The standard InChI is InChI=1S/C17H23N3O2.ClH/c1-5-18(6-2)14(4)20-15(21)12-13(3)16(17(20)22)19-10-8-7-9-11-19;/h7-12,14H,5-6H2,1-4H3;1H. The normalized spacial score (nSPS) is 12.0. The molecule has 6 heteroatoms. The molecule has 0 amide bonds. The average molecular weight is 338 g/mol. The first-order valence-electron chi connectivity index (χ1n) is 7.67. The number of hydrogen-bond donors (Lipinski definition) is 1. The monoisotopic (exact) mass is 337 g/mol. The minimum absolute atomic E-state index is 0. The number of aromatic hydroxyl groups is 1. The summed E-state index contributed by atoms with van der Waals surface area (Å²) in [5, 5.41) is 10.7. The zero-order valence-electron chi connectivity index (χ0n) is 14.0. The molecule has 2 aromatic heterocycles. The summed E-state index contributed by atoms with van der Waals surface area (Å²) < 4.78 is 3.28. The lowest BCUT2D eigenvalue weighted by Gasteiger charge is -2.28. The molecular weight excluding hydrogens is 314 g/mol. The summed E-state index contributed by atoms with van der Waals surface area (Å²) in [5.41, 5.74) is 1.20. The maximum atomic E-state index is 12.4. The van der Waals surface area contributed by atoms with Crippen molar-refractivity contribution < 1.29 is 22.1 Å². The molecule has 23 heavy (non-hydrogen) atoms. The summed E-state index contributed by atoms with van der Waals surface area (Å²) in [6, 6.07) is 7.27. The molecule has 2 rings (SSSR count). The number of hydrogen-bond acceptors (Lipinski definition) is 3. The maximum Gasteiger partial charge on any atom is 0.274 e. The minimum atomic E-state index is -0.203. The largest absolute Gasteiger partial charge is 1.00 e. The van der Waals surface area contributed by atoms with Crippen LogP contribution < -0.4 is 22.5 Å². The summed E-state index contributed by atoms with van der Waals surface area (Å²) >= 11 is 0. The van der Waals surface area contributed by atoms with Gasteiger partial charge in [-0.05, 0) is 26.9 Å². The van der Waals surface area contributed by atoms with Gasteiger partial charge in [0.15, 0.2) is 12.4 Å². The quantitative estimate of drug-likeness (QED) is 0.712. The van der Waals surface area contributed by atoms with Gasteiger partial charge in [0.05, 0.1) is 6.17 Å². The highest BCUT2D eigenvalue weighted by molar-refractivity contribution is 5.41. The van der Waals surface area contributed by atoms with E-state index in [0.29, 0.717) is 5.69 Å². The summed E-state index contributed by atoms with van der Waals surface area (Å²) in [7, 11) is 0. The molecule has 0 aromatic carbocycles. The molecule has 126 valence electrons. The van der Waals surface area contributed by atoms with Crippen molar-refractivity contribution in [3.8, 4) is 11.6 Å². The van der Waals surface area contributed by atoms with Crippen LogP contribution in [0.1, 0.15) is 32.5 Å². The van der Waals surface area contributed by atoms with Gasteiger partial charge in [-0.15, -0.1) is 0 Å². The Hall–Kier alpha value is -1.85. The van der Waals surface area contributed by atoms with Crippen molar-refractivity contribution in [2.24, 2.45) is 0 Å². The van der Waals surface area contributed by atoms with Gasteiger partial charge in [0.1, 0.15) is 0 Å². The fourth-order valence-corrected chi connectivity index (χ4v) is 2.86. The van der Waals surface area contributed by atoms with Gasteiger partial charge < -0.3 is 17.5 Å². The predicted molar refractivity (Wildman–Crippen MR) is 86.3 cm³/mol. The minimum Gasteiger partial charge on any atom is -1.00 e. The molecule has 0 aliphatic carbocycles. The smallest absolute Gasteiger partial charge is 0.274 e. The zero-order valence-corrected chi connectivity index (χ0v) is 14.8. The van der Waals surface area contributed by atoms with Gasteiger partial charge in [-0.2, -0.15) is 4.57 Å². The van der Waals surface area contributed by atoms with E-state index >= 15 is 0 Å². The van der Waals surface area contributed by atoms with Crippen molar-refractivity contribution in [2.75, 3.05) is 13.1 Å². The molecule has 5 nitrogen and oxygen atoms in total. The molecule has 0 aliphatic rings. The molecule has 1 unspecified atom stereocenters. The Bertz CT molecular complexity index is 697. The Balaban J connectivity index is 0.00000264. The third-order valence-corrected chi connectivity index (χ3v) is 4.08. The van der Waals surface area contributed by atoms with Crippen LogP contribution in [-0.2, 0) is 0 Å². The Labute approximate surface area is 143 Å². The lowest BCUT2D eigenvalue weighted by molar-refractivity contribution is -0.597. The number of aromatic nitrogens is 2. The SMILES string of the molecule is CCN(CC)C(C)n1c(O)c(-[n+]2ccccc2)c(C)cc1=O.[Cl-]. The summed E-state index contributed by atoms with van der Waals surface area (Å²) in [6.45, 7) is 9.48. The molecule has 0 saturated carbocycles. The summed E-state index contributed by atoms with van der Waals surface area (Å²) in [6.07, 6.45) is 3.52. The Morgan fingerprint density at radius 2 is 1.78 bits per heavy atom. The number of pyridine rings is 2. The van der Waals surface area contributed by atoms with Gasteiger partial charge in [0.2, 0.25) is 0 Å². The summed E-state index contributed by atoms with van der Waals surface area (Å²) in [4.78, 5) is 14.5. The molecule has 1 atom stereocenters. The molecule has 1 N–H and O–H groups in total. The predicted octanol–water partition coefficient (Wildman–Crippen LogP) is -0.997. The van der Waals surface area contributed by atoms with Gasteiger partial charge >= 0.3 is 0 Å². The van der Waals surface area contributed by atoms with Crippen molar-refractivity contribution in [3.63, 3.8) is 0 Å². The van der Waals surface area contributed by atoms with Gasteiger partial charge in [-0.25, -0.2) is 0 Å². The molecule has 0 saturated heterocycles. The van der Waals surface area contributed by atoms with E-state index in [4.69, 9.17) is 0 Å².